The second kappa shape index (κ2) is 9.26. The van der Waals surface area contributed by atoms with Crippen LogP contribution in [0.1, 0.15) is 24.2 Å². The third-order valence-electron chi connectivity index (χ3n) is 5.11. The summed E-state index contributed by atoms with van der Waals surface area (Å²) in [6.45, 7) is 3.87. The number of fused-ring (bicyclic) bond motifs is 1. The number of aromatic nitrogens is 2. The number of methoxy groups -OCH3 is 1. The Morgan fingerprint density at radius 2 is 1.82 bits per heavy atom. The molecule has 33 heavy (non-hydrogen) atoms. The van der Waals surface area contributed by atoms with Crippen molar-refractivity contribution in [3.8, 4) is 22.9 Å². The van der Waals surface area contributed by atoms with Crippen molar-refractivity contribution in [2.45, 2.75) is 19.4 Å². The smallest absolute Gasteiger partial charge is 0.337 e. The van der Waals surface area contributed by atoms with Crippen LogP contribution in [0.4, 0.5) is 5.69 Å². The van der Waals surface area contributed by atoms with Gasteiger partial charge in [0.1, 0.15) is 5.75 Å². The molecule has 168 valence electrons. The Bertz CT molecular complexity index is 1270. The first-order chi connectivity index (χ1) is 15.9. The average Bonchev–Trinajstić information content (AvgIpc) is 2.84. The van der Waals surface area contributed by atoms with Crippen LogP contribution >= 0.6 is 0 Å². The van der Waals surface area contributed by atoms with Crippen LogP contribution in [-0.4, -0.2) is 40.3 Å². The highest BCUT2D eigenvalue weighted by Gasteiger charge is 2.18. The molecular formula is C26H25N3O4. The topological polar surface area (TPSA) is 93.6 Å². The Hall–Kier alpha value is -3.97. The predicted molar refractivity (Wildman–Crippen MR) is 128 cm³/mol. The van der Waals surface area contributed by atoms with Crippen LogP contribution in [0.25, 0.3) is 22.2 Å². The summed E-state index contributed by atoms with van der Waals surface area (Å²) in [7, 11) is 1.34. The van der Waals surface area contributed by atoms with Crippen molar-refractivity contribution in [2.24, 2.45) is 0 Å². The number of carbonyl (C=O) groups excluding carboxylic acids is 1. The molecule has 0 fully saturated rings. The van der Waals surface area contributed by atoms with E-state index in [1.165, 1.54) is 7.11 Å². The minimum atomic E-state index is -0.485. The van der Waals surface area contributed by atoms with Gasteiger partial charge in [-0.25, -0.2) is 14.8 Å². The minimum absolute atomic E-state index is 0.00676. The van der Waals surface area contributed by atoms with Gasteiger partial charge in [-0.2, -0.15) is 0 Å². The van der Waals surface area contributed by atoms with Gasteiger partial charge in [-0.15, -0.1) is 0 Å². The molecule has 7 heteroatoms. The summed E-state index contributed by atoms with van der Waals surface area (Å²) in [6.07, 6.45) is 1.70. The average molecular weight is 444 g/mol. The number of rotatable bonds is 7. The molecule has 0 aliphatic heterocycles. The van der Waals surface area contributed by atoms with Gasteiger partial charge in [0.25, 0.3) is 0 Å². The number of esters is 1. The monoisotopic (exact) mass is 443 g/mol. The summed E-state index contributed by atoms with van der Waals surface area (Å²) in [5, 5.41) is 14.1. The minimum Gasteiger partial charge on any atom is -0.465 e. The van der Waals surface area contributed by atoms with Gasteiger partial charge in [0.15, 0.2) is 0 Å². The molecule has 0 amide bonds. The number of nitrogens with one attached hydrogen (secondary N) is 1. The van der Waals surface area contributed by atoms with Crippen LogP contribution in [0.2, 0.25) is 0 Å². The lowest BCUT2D eigenvalue weighted by Gasteiger charge is -2.26. The van der Waals surface area contributed by atoms with Gasteiger partial charge in [0.2, 0.25) is 5.88 Å². The highest BCUT2D eigenvalue weighted by atomic mass is 16.5. The number of ether oxygens (including phenoxy) is 2. The molecule has 0 bridgehead atoms. The lowest BCUT2D eigenvalue weighted by atomic mass is 10.0. The summed E-state index contributed by atoms with van der Waals surface area (Å²) < 4.78 is 10.5. The van der Waals surface area contributed by atoms with Gasteiger partial charge in [0, 0.05) is 28.9 Å². The molecule has 2 aromatic heterocycles. The molecule has 2 aromatic carbocycles. The number of carbonyl (C=O) groups is 1. The molecule has 2 N–H and O–H groups in total. The number of nitrogens with zero attached hydrogens (tertiary/aromatic N) is 2. The quantitative estimate of drug-likeness (QED) is 0.386. The highest BCUT2D eigenvalue weighted by Crippen LogP contribution is 2.31. The maximum absolute atomic E-state index is 11.6. The third kappa shape index (κ3) is 5.10. The zero-order chi connectivity index (χ0) is 23.4. The molecule has 0 atom stereocenters. The van der Waals surface area contributed by atoms with Crippen molar-refractivity contribution in [3.63, 3.8) is 0 Å². The van der Waals surface area contributed by atoms with Gasteiger partial charge < -0.3 is 19.9 Å². The number of hydrogen-bond acceptors (Lipinski definition) is 7. The lowest BCUT2D eigenvalue weighted by molar-refractivity contribution is 0.0600. The molecule has 0 unspecified atom stereocenters. The zero-order valence-electron chi connectivity index (χ0n) is 18.7. The number of para-hydroxylation sites is 1. The van der Waals surface area contributed by atoms with Crippen molar-refractivity contribution < 1.29 is 19.4 Å². The van der Waals surface area contributed by atoms with E-state index in [-0.39, 0.29) is 6.61 Å². The molecule has 4 rings (SSSR count). The van der Waals surface area contributed by atoms with Crippen LogP contribution in [0.3, 0.4) is 0 Å². The third-order valence-corrected chi connectivity index (χ3v) is 5.11. The molecule has 0 saturated heterocycles. The summed E-state index contributed by atoms with van der Waals surface area (Å²) in [6, 6.07) is 20.1. The van der Waals surface area contributed by atoms with E-state index in [0.717, 1.165) is 27.8 Å². The number of benzene rings is 2. The SMILES string of the molecule is COC(=O)c1ccc(Oc2ccc(-c3cc(NC(C)(C)CO)c4ccccc4n3)cn2)cc1. The Morgan fingerprint density at radius 3 is 2.48 bits per heavy atom. The molecule has 0 radical (unpaired) electrons. The normalized spacial score (nSPS) is 11.3. The van der Waals surface area contributed by atoms with Gasteiger partial charge >= 0.3 is 5.97 Å². The summed E-state index contributed by atoms with van der Waals surface area (Å²) in [5.74, 6) is 0.581. The van der Waals surface area contributed by atoms with Gasteiger partial charge in [-0.1, -0.05) is 18.2 Å². The first-order valence-electron chi connectivity index (χ1n) is 10.5. The molecule has 2 heterocycles. The van der Waals surface area contributed by atoms with E-state index in [2.05, 4.69) is 10.3 Å². The molecule has 0 aliphatic carbocycles. The molecule has 0 saturated carbocycles. The van der Waals surface area contributed by atoms with Crippen LogP contribution in [-0.2, 0) is 4.74 Å². The highest BCUT2D eigenvalue weighted by molar-refractivity contribution is 5.94. The van der Waals surface area contributed by atoms with E-state index < -0.39 is 11.5 Å². The standard InChI is InChI=1S/C26H25N3O4/c1-26(2,16-30)29-23-14-22(28-21-7-5-4-6-20(21)23)18-10-13-24(27-15-18)33-19-11-8-17(9-12-19)25(31)32-3/h4-15,30H,16H2,1-3H3,(H,28,29). The maximum Gasteiger partial charge on any atom is 0.337 e. The van der Waals surface area contributed by atoms with Crippen molar-refractivity contribution in [1.29, 1.82) is 0 Å². The number of aliphatic hydroxyl groups is 1. The number of anilines is 1. The van der Waals surface area contributed by atoms with Gasteiger partial charge in [-0.3, -0.25) is 0 Å². The first-order valence-corrected chi connectivity index (χ1v) is 10.5. The van der Waals surface area contributed by atoms with Gasteiger partial charge in [0.05, 0.1) is 36.0 Å². The molecule has 4 aromatic rings. The molecule has 0 aliphatic rings. The van der Waals surface area contributed by atoms with E-state index in [1.807, 2.05) is 50.2 Å². The fourth-order valence-corrected chi connectivity index (χ4v) is 3.32. The van der Waals surface area contributed by atoms with E-state index in [4.69, 9.17) is 14.5 Å². The fraction of sp³-hybridized carbons (Fsp3) is 0.192. The number of hydrogen-bond donors (Lipinski definition) is 2. The zero-order valence-corrected chi connectivity index (χ0v) is 18.7. The van der Waals surface area contributed by atoms with Crippen molar-refractivity contribution in [3.05, 3.63) is 78.5 Å². The van der Waals surface area contributed by atoms with Crippen LogP contribution in [0, 0.1) is 0 Å². The molecule has 0 spiro atoms. The van der Waals surface area contributed by atoms with Crippen molar-refractivity contribution in [1.82, 2.24) is 9.97 Å². The first kappa shape index (κ1) is 22.2. The Labute approximate surface area is 192 Å². The Morgan fingerprint density at radius 1 is 1.06 bits per heavy atom. The van der Waals surface area contributed by atoms with E-state index in [9.17, 15) is 9.90 Å². The van der Waals surface area contributed by atoms with Crippen molar-refractivity contribution >= 4 is 22.6 Å². The fourth-order valence-electron chi connectivity index (χ4n) is 3.32. The van der Waals surface area contributed by atoms with Crippen molar-refractivity contribution in [2.75, 3.05) is 19.0 Å². The van der Waals surface area contributed by atoms with Crippen LogP contribution in [0.15, 0.2) is 72.9 Å². The largest absolute Gasteiger partial charge is 0.465 e. The predicted octanol–water partition coefficient (Wildman–Crippen LogP) is 5.06. The van der Waals surface area contributed by atoms with Gasteiger partial charge in [-0.05, 0) is 56.3 Å². The maximum atomic E-state index is 11.6. The number of pyridine rings is 2. The Balaban J connectivity index is 1.59. The van der Waals surface area contributed by atoms with Crippen LogP contribution in [0.5, 0.6) is 11.6 Å². The van der Waals surface area contributed by atoms with E-state index in [0.29, 0.717) is 17.2 Å². The number of aliphatic hydroxyl groups excluding tert-OH is 1. The van der Waals surface area contributed by atoms with Crippen LogP contribution < -0.4 is 10.1 Å². The molecule has 7 nitrogen and oxygen atoms in total. The summed E-state index contributed by atoms with van der Waals surface area (Å²) in [5.41, 5.74) is 3.29. The molecular weight excluding hydrogens is 418 g/mol. The van der Waals surface area contributed by atoms with E-state index in [1.54, 1.807) is 36.5 Å². The summed E-state index contributed by atoms with van der Waals surface area (Å²) >= 11 is 0. The second-order valence-electron chi connectivity index (χ2n) is 8.24. The summed E-state index contributed by atoms with van der Waals surface area (Å²) in [4.78, 5) is 20.7. The Kier molecular flexibility index (Phi) is 6.24. The lowest BCUT2D eigenvalue weighted by Crippen LogP contribution is -2.35. The second-order valence-corrected chi connectivity index (χ2v) is 8.24. The van der Waals surface area contributed by atoms with E-state index >= 15 is 0 Å².